The second-order valence-corrected chi connectivity index (χ2v) is 5.11. The Morgan fingerprint density at radius 1 is 1.73 bits per heavy atom. The molecule has 7 nitrogen and oxygen atoms in total. The lowest BCUT2D eigenvalue weighted by molar-refractivity contribution is 0.0867. The Bertz CT molecular complexity index is 517. The van der Waals surface area contributed by atoms with Crippen LogP contribution in [0, 0.1) is 12.3 Å². The second-order valence-electron chi connectivity index (χ2n) is 5.11. The molecule has 1 saturated heterocycles. The molecule has 2 amide bonds. The van der Waals surface area contributed by atoms with E-state index in [1.54, 1.807) is 29.0 Å². The third kappa shape index (κ3) is 4.76. The number of carbonyl (C=O) groups excluding carboxylic acids is 1. The average Bonchev–Trinajstić information content (AvgIpc) is 3.16. The molecule has 22 heavy (non-hydrogen) atoms. The number of nitrogens with one attached hydrogen (secondary N) is 1. The molecular weight excluding hydrogens is 284 g/mol. The summed E-state index contributed by atoms with van der Waals surface area (Å²) in [5.41, 5.74) is 0. The van der Waals surface area contributed by atoms with E-state index in [4.69, 9.17) is 15.9 Å². The van der Waals surface area contributed by atoms with Crippen molar-refractivity contribution in [2.24, 2.45) is 0 Å². The molecule has 1 aliphatic heterocycles. The zero-order valence-corrected chi connectivity index (χ0v) is 12.8. The molecule has 7 heteroatoms. The number of nitrogens with zero attached hydrogens (tertiary/aromatic N) is 3. The number of anilines is 1. The van der Waals surface area contributed by atoms with Crippen LogP contribution in [-0.2, 0) is 16.0 Å². The zero-order valence-electron chi connectivity index (χ0n) is 12.8. The van der Waals surface area contributed by atoms with Gasteiger partial charge in [0.25, 0.3) is 0 Å². The number of carbonyl (C=O) groups is 1. The lowest BCUT2D eigenvalue weighted by Crippen LogP contribution is -2.40. The van der Waals surface area contributed by atoms with Gasteiger partial charge in [-0.25, -0.2) is 4.79 Å². The highest BCUT2D eigenvalue weighted by Crippen LogP contribution is 2.14. The van der Waals surface area contributed by atoms with Crippen LogP contribution < -0.4 is 5.32 Å². The van der Waals surface area contributed by atoms with Crippen LogP contribution in [0.1, 0.15) is 12.8 Å². The van der Waals surface area contributed by atoms with Crippen molar-refractivity contribution in [1.82, 2.24) is 14.7 Å². The minimum Gasteiger partial charge on any atom is -0.383 e. The van der Waals surface area contributed by atoms with Gasteiger partial charge in [0.1, 0.15) is 0 Å². The molecule has 0 spiro atoms. The van der Waals surface area contributed by atoms with Crippen LogP contribution in [0.25, 0.3) is 0 Å². The number of hydrogen-bond acceptors (Lipinski definition) is 4. The van der Waals surface area contributed by atoms with Gasteiger partial charge in [-0.2, -0.15) is 5.10 Å². The van der Waals surface area contributed by atoms with Crippen molar-refractivity contribution in [3.8, 4) is 12.3 Å². The van der Waals surface area contributed by atoms with E-state index in [-0.39, 0.29) is 18.7 Å². The molecule has 0 saturated carbocycles. The van der Waals surface area contributed by atoms with Gasteiger partial charge < -0.3 is 14.4 Å². The van der Waals surface area contributed by atoms with Gasteiger partial charge in [0, 0.05) is 32.5 Å². The fraction of sp³-hybridized carbons (Fsp3) is 0.600. The highest BCUT2D eigenvalue weighted by Gasteiger charge is 2.22. The number of methoxy groups -OCH3 is 1. The molecule has 0 bridgehead atoms. The summed E-state index contributed by atoms with van der Waals surface area (Å²) < 4.78 is 12.3. The van der Waals surface area contributed by atoms with Gasteiger partial charge in [-0.1, -0.05) is 5.92 Å². The lowest BCUT2D eigenvalue weighted by Gasteiger charge is -2.23. The number of urea groups is 1. The van der Waals surface area contributed by atoms with Crippen LogP contribution in [-0.4, -0.2) is 60.2 Å². The van der Waals surface area contributed by atoms with Gasteiger partial charge in [0.2, 0.25) is 0 Å². The first-order valence-electron chi connectivity index (χ1n) is 7.36. The molecule has 2 rings (SSSR count). The molecule has 2 heterocycles. The molecule has 1 fully saturated rings. The Morgan fingerprint density at radius 2 is 2.59 bits per heavy atom. The van der Waals surface area contributed by atoms with Crippen LogP contribution in [0.4, 0.5) is 10.6 Å². The summed E-state index contributed by atoms with van der Waals surface area (Å²) in [5.74, 6) is 3.00. The summed E-state index contributed by atoms with van der Waals surface area (Å²) in [4.78, 5) is 13.9. The van der Waals surface area contributed by atoms with Gasteiger partial charge in [-0.15, -0.1) is 6.42 Å². The van der Waals surface area contributed by atoms with E-state index in [2.05, 4.69) is 16.3 Å². The third-order valence-electron chi connectivity index (χ3n) is 3.42. The summed E-state index contributed by atoms with van der Waals surface area (Å²) in [6, 6.07) is 1.48. The molecule has 120 valence electrons. The van der Waals surface area contributed by atoms with Crippen molar-refractivity contribution < 1.29 is 14.3 Å². The van der Waals surface area contributed by atoms with Crippen LogP contribution in [0.5, 0.6) is 0 Å². The maximum atomic E-state index is 12.3. The van der Waals surface area contributed by atoms with Gasteiger partial charge in [-0.3, -0.25) is 10.00 Å². The molecule has 1 N–H and O–H groups in total. The molecular formula is C15H22N4O3. The number of rotatable bonds is 7. The van der Waals surface area contributed by atoms with Crippen molar-refractivity contribution in [1.29, 1.82) is 0 Å². The third-order valence-corrected chi connectivity index (χ3v) is 3.42. The van der Waals surface area contributed by atoms with E-state index in [9.17, 15) is 4.79 Å². The first-order chi connectivity index (χ1) is 10.7. The minimum atomic E-state index is -0.259. The number of aromatic nitrogens is 2. The number of hydrogen-bond donors (Lipinski definition) is 1. The number of terminal acetylenes is 1. The van der Waals surface area contributed by atoms with Crippen LogP contribution >= 0.6 is 0 Å². The number of amides is 2. The van der Waals surface area contributed by atoms with Crippen molar-refractivity contribution in [2.45, 2.75) is 25.5 Å². The molecule has 1 aromatic heterocycles. The summed E-state index contributed by atoms with van der Waals surface area (Å²) >= 11 is 0. The quantitative estimate of drug-likeness (QED) is 0.768. The minimum absolute atomic E-state index is 0.0679. The summed E-state index contributed by atoms with van der Waals surface area (Å²) in [6.07, 6.45) is 9.19. The highest BCUT2D eigenvalue weighted by molar-refractivity contribution is 5.88. The molecule has 1 atom stereocenters. The summed E-state index contributed by atoms with van der Waals surface area (Å²) in [6.45, 7) is 2.70. The van der Waals surface area contributed by atoms with Gasteiger partial charge in [-0.05, 0) is 12.8 Å². The van der Waals surface area contributed by atoms with Crippen LogP contribution in [0.3, 0.4) is 0 Å². The van der Waals surface area contributed by atoms with Crippen molar-refractivity contribution >= 4 is 11.8 Å². The van der Waals surface area contributed by atoms with Gasteiger partial charge >= 0.3 is 6.03 Å². The molecule has 1 aromatic rings. The second kappa shape index (κ2) is 8.41. The standard InChI is InChI=1S/C15H22N4O3/c1-3-7-18(12-13-5-4-10-22-13)15(20)16-14-6-8-19(17-14)9-11-21-2/h1,6,8,13H,4-5,7,9-12H2,2H3,(H,16,17,20)/t13-/m0/s1. The zero-order chi connectivity index (χ0) is 15.8. The van der Waals surface area contributed by atoms with E-state index in [0.29, 0.717) is 25.5 Å². The Kier molecular flexibility index (Phi) is 6.25. The number of ether oxygens (including phenoxy) is 2. The topological polar surface area (TPSA) is 68.6 Å². The summed E-state index contributed by atoms with van der Waals surface area (Å²) in [5, 5.41) is 7.02. The van der Waals surface area contributed by atoms with Gasteiger partial charge in [0.15, 0.2) is 5.82 Å². The van der Waals surface area contributed by atoms with E-state index in [1.807, 2.05) is 0 Å². The fourth-order valence-electron chi connectivity index (χ4n) is 2.29. The van der Waals surface area contributed by atoms with E-state index in [1.165, 1.54) is 0 Å². The van der Waals surface area contributed by atoms with E-state index in [0.717, 1.165) is 19.4 Å². The Labute approximate surface area is 130 Å². The van der Waals surface area contributed by atoms with Crippen molar-refractivity contribution in [3.05, 3.63) is 12.3 Å². The van der Waals surface area contributed by atoms with Crippen LogP contribution in [0.15, 0.2) is 12.3 Å². The Hall–Kier alpha value is -2.04. The predicted molar refractivity (Wildman–Crippen MR) is 82.5 cm³/mol. The maximum Gasteiger partial charge on any atom is 0.323 e. The maximum absolute atomic E-state index is 12.3. The monoisotopic (exact) mass is 306 g/mol. The molecule has 0 aromatic carbocycles. The molecule has 0 unspecified atom stereocenters. The normalized spacial score (nSPS) is 17.2. The van der Waals surface area contributed by atoms with Crippen LogP contribution in [0.2, 0.25) is 0 Å². The molecule has 0 aliphatic carbocycles. The smallest absolute Gasteiger partial charge is 0.323 e. The first-order valence-corrected chi connectivity index (χ1v) is 7.36. The SMILES string of the molecule is C#CCN(C[C@@H]1CCCO1)C(=O)Nc1ccn(CCOC)n1. The lowest BCUT2D eigenvalue weighted by atomic mass is 10.2. The predicted octanol–water partition coefficient (Wildman–Crippen LogP) is 1.18. The highest BCUT2D eigenvalue weighted by atomic mass is 16.5. The Morgan fingerprint density at radius 3 is 3.27 bits per heavy atom. The van der Waals surface area contributed by atoms with E-state index >= 15 is 0 Å². The molecule has 0 radical (unpaired) electrons. The average molecular weight is 306 g/mol. The Balaban J connectivity index is 1.89. The van der Waals surface area contributed by atoms with E-state index < -0.39 is 0 Å². The largest absolute Gasteiger partial charge is 0.383 e. The molecule has 1 aliphatic rings. The van der Waals surface area contributed by atoms with Gasteiger partial charge in [0.05, 0.1) is 25.8 Å². The first kappa shape index (κ1) is 16.3. The van der Waals surface area contributed by atoms with Crippen molar-refractivity contribution in [3.63, 3.8) is 0 Å². The summed E-state index contributed by atoms with van der Waals surface area (Å²) in [7, 11) is 1.63. The van der Waals surface area contributed by atoms with Crippen molar-refractivity contribution in [2.75, 3.05) is 38.7 Å². The fourth-order valence-corrected chi connectivity index (χ4v) is 2.29.